The third-order valence-corrected chi connectivity index (χ3v) is 4.88. The molecule has 7 heteroatoms. The van der Waals surface area contributed by atoms with Crippen LogP contribution in [0.5, 0.6) is 11.5 Å². The van der Waals surface area contributed by atoms with E-state index in [1.54, 1.807) is 41.3 Å². The second kappa shape index (κ2) is 7.72. The summed E-state index contributed by atoms with van der Waals surface area (Å²) in [7, 11) is 1.49. The number of benzene rings is 2. The normalized spacial score (nSPS) is 15.3. The van der Waals surface area contributed by atoms with Gasteiger partial charge in [-0.05, 0) is 51.1 Å². The van der Waals surface area contributed by atoms with Crippen molar-refractivity contribution in [2.45, 2.75) is 20.8 Å². The van der Waals surface area contributed by atoms with Gasteiger partial charge in [0, 0.05) is 23.3 Å². The van der Waals surface area contributed by atoms with Gasteiger partial charge in [0.2, 0.25) is 5.91 Å². The zero-order valence-electron chi connectivity index (χ0n) is 16.3. The Bertz CT molecular complexity index is 927. The molecule has 0 aliphatic carbocycles. The molecule has 3 rings (SSSR count). The van der Waals surface area contributed by atoms with E-state index in [2.05, 4.69) is 5.32 Å². The van der Waals surface area contributed by atoms with Gasteiger partial charge < -0.3 is 19.7 Å². The Labute approximate surface area is 169 Å². The Kier molecular flexibility index (Phi) is 5.52. The van der Waals surface area contributed by atoms with Crippen molar-refractivity contribution in [1.82, 2.24) is 0 Å². The summed E-state index contributed by atoms with van der Waals surface area (Å²) in [5.74, 6) is 0.639. The van der Waals surface area contributed by atoms with Gasteiger partial charge in [-0.2, -0.15) is 0 Å². The van der Waals surface area contributed by atoms with E-state index in [-0.39, 0.29) is 18.4 Å². The van der Waals surface area contributed by atoms with E-state index in [0.29, 0.717) is 40.0 Å². The zero-order chi connectivity index (χ0) is 20.5. The number of methoxy groups -OCH3 is 1. The molecule has 148 valence electrons. The molecule has 1 aliphatic rings. The monoisotopic (exact) mass is 402 g/mol. The number of carbonyl (C=O) groups excluding carboxylic acids is 2. The highest BCUT2D eigenvalue weighted by Crippen LogP contribution is 2.38. The Balaban J connectivity index is 1.91. The minimum absolute atomic E-state index is 0.00852. The van der Waals surface area contributed by atoms with Crippen molar-refractivity contribution in [3.63, 3.8) is 0 Å². The zero-order valence-corrected chi connectivity index (χ0v) is 17.1. The Hall–Kier alpha value is -2.73. The van der Waals surface area contributed by atoms with Crippen molar-refractivity contribution in [2.24, 2.45) is 5.41 Å². The van der Waals surface area contributed by atoms with Gasteiger partial charge in [0.25, 0.3) is 5.91 Å². The Morgan fingerprint density at radius 3 is 2.71 bits per heavy atom. The molecule has 6 nitrogen and oxygen atoms in total. The molecule has 0 radical (unpaired) electrons. The maximum Gasteiger partial charge on any atom is 0.259 e. The van der Waals surface area contributed by atoms with E-state index in [1.807, 2.05) is 20.8 Å². The van der Waals surface area contributed by atoms with Gasteiger partial charge in [-0.1, -0.05) is 11.6 Å². The molecule has 0 saturated carbocycles. The number of amides is 2. The van der Waals surface area contributed by atoms with Crippen molar-refractivity contribution >= 4 is 34.8 Å². The van der Waals surface area contributed by atoms with Crippen LogP contribution in [0, 0.1) is 5.41 Å². The lowest BCUT2D eigenvalue weighted by Crippen LogP contribution is -2.42. The lowest BCUT2D eigenvalue weighted by atomic mass is 9.93. The molecule has 0 saturated heterocycles. The molecule has 0 aromatic heterocycles. The summed E-state index contributed by atoms with van der Waals surface area (Å²) in [5.41, 5.74) is 0.940. The summed E-state index contributed by atoms with van der Waals surface area (Å²) < 4.78 is 11.1. The van der Waals surface area contributed by atoms with Crippen molar-refractivity contribution in [1.29, 1.82) is 0 Å². The third-order valence-electron chi connectivity index (χ3n) is 4.64. The highest BCUT2D eigenvalue weighted by molar-refractivity contribution is 6.31. The third kappa shape index (κ3) is 3.78. The van der Waals surface area contributed by atoms with Gasteiger partial charge in [0.15, 0.2) is 0 Å². The minimum atomic E-state index is -0.632. The summed E-state index contributed by atoms with van der Waals surface area (Å²) in [6.45, 7) is 6.43. The van der Waals surface area contributed by atoms with Gasteiger partial charge in [-0.3, -0.25) is 9.59 Å². The fourth-order valence-electron chi connectivity index (χ4n) is 3.10. The summed E-state index contributed by atoms with van der Waals surface area (Å²) >= 11 is 6.01. The largest absolute Gasteiger partial charge is 0.496 e. The highest BCUT2D eigenvalue weighted by atomic mass is 35.5. The van der Waals surface area contributed by atoms with Gasteiger partial charge >= 0.3 is 0 Å². The number of hydrogen-bond donors (Lipinski definition) is 1. The first-order valence-electron chi connectivity index (χ1n) is 9.00. The number of fused-ring (bicyclic) bond motifs is 1. The Morgan fingerprint density at radius 2 is 2.04 bits per heavy atom. The van der Waals surface area contributed by atoms with E-state index in [4.69, 9.17) is 21.1 Å². The molecule has 28 heavy (non-hydrogen) atoms. The van der Waals surface area contributed by atoms with E-state index < -0.39 is 5.41 Å². The van der Waals surface area contributed by atoms with Gasteiger partial charge in [-0.15, -0.1) is 0 Å². The van der Waals surface area contributed by atoms with Crippen LogP contribution in [0.1, 0.15) is 31.1 Å². The van der Waals surface area contributed by atoms with Crippen LogP contribution >= 0.6 is 11.6 Å². The van der Waals surface area contributed by atoms with Gasteiger partial charge in [0.05, 0.1) is 23.8 Å². The van der Waals surface area contributed by atoms with Crippen LogP contribution in [0.3, 0.4) is 0 Å². The fraction of sp³-hybridized carbons (Fsp3) is 0.333. The lowest BCUT2D eigenvalue weighted by molar-refractivity contribution is -0.127. The fourth-order valence-corrected chi connectivity index (χ4v) is 3.27. The van der Waals surface area contributed by atoms with Crippen molar-refractivity contribution in [2.75, 3.05) is 30.5 Å². The first-order valence-corrected chi connectivity index (χ1v) is 9.38. The molecule has 0 fully saturated rings. The summed E-state index contributed by atoms with van der Waals surface area (Å²) in [6.07, 6.45) is 0. The van der Waals surface area contributed by atoms with Crippen LogP contribution < -0.4 is 19.7 Å². The SMILES string of the molecule is CCN1C(=O)C(C)(C)COc2cc(NC(=O)c3cc(Cl)ccc3OC)ccc21. The second-order valence-electron chi connectivity index (χ2n) is 7.20. The molecule has 1 N–H and O–H groups in total. The highest BCUT2D eigenvalue weighted by Gasteiger charge is 2.37. The smallest absolute Gasteiger partial charge is 0.259 e. The maximum absolute atomic E-state index is 12.8. The average molecular weight is 403 g/mol. The van der Waals surface area contributed by atoms with E-state index in [0.717, 1.165) is 0 Å². The van der Waals surface area contributed by atoms with Gasteiger partial charge in [0.1, 0.15) is 18.1 Å². The van der Waals surface area contributed by atoms with Crippen molar-refractivity contribution in [3.05, 3.63) is 47.0 Å². The second-order valence-corrected chi connectivity index (χ2v) is 7.64. The molecule has 0 bridgehead atoms. The first kappa shape index (κ1) is 20.0. The van der Waals surface area contributed by atoms with Crippen molar-refractivity contribution < 1.29 is 19.1 Å². The number of hydrogen-bond acceptors (Lipinski definition) is 4. The quantitative estimate of drug-likeness (QED) is 0.824. The number of ether oxygens (including phenoxy) is 2. The van der Waals surface area contributed by atoms with Crippen LogP contribution in [-0.2, 0) is 4.79 Å². The average Bonchev–Trinajstić information content (AvgIpc) is 2.76. The van der Waals surface area contributed by atoms with Crippen LogP contribution in [-0.4, -0.2) is 32.1 Å². The topological polar surface area (TPSA) is 67.9 Å². The van der Waals surface area contributed by atoms with E-state index in [1.165, 1.54) is 7.11 Å². The number of halogens is 1. The molecule has 2 aromatic carbocycles. The molecule has 2 aromatic rings. The number of carbonyl (C=O) groups is 2. The van der Waals surface area contributed by atoms with Crippen LogP contribution in [0.25, 0.3) is 0 Å². The van der Waals surface area contributed by atoms with Gasteiger partial charge in [-0.25, -0.2) is 0 Å². The summed E-state index contributed by atoms with van der Waals surface area (Å²) in [4.78, 5) is 27.2. The van der Waals surface area contributed by atoms with E-state index in [9.17, 15) is 9.59 Å². The standard InChI is InChI=1S/C21H23ClN2O4/c1-5-24-16-8-7-14(11-18(16)28-12-21(2,3)20(24)26)23-19(25)15-10-13(22)6-9-17(15)27-4/h6-11H,5,12H2,1-4H3,(H,23,25). The minimum Gasteiger partial charge on any atom is -0.496 e. The molecular formula is C21H23ClN2O4. The maximum atomic E-state index is 12.8. The molecule has 2 amide bonds. The molecule has 0 atom stereocenters. The molecule has 0 unspecified atom stereocenters. The lowest BCUT2D eigenvalue weighted by Gasteiger charge is -2.26. The van der Waals surface area contributed by atoms with Crippen molar-refractivity contribution in [3.8, 4) is 11.5 Å². The predicted octanol–water partition coefficient (Wildman–Crippen LogP) is 4.37. The molecule has 1 aliphatic heterocycles. The van der Waals surface area contributed by atoms with E-state index >= 15 is 0 Å². The number of anilines is 2. The summed E-state index contributed by atoms with van der Waals surface area (Å²) in [5, 5.41) is 3.27. The molecule has 0 spiro atoms. The Morgan fingerprint density at radius 1 is 1.29 bits per heavy atom. The number of nitrogens with zero attached hydrogens (tertiary/aromatic N) is 1. The number of nitrogens with one attached hydrogen (secondary N) is 1. The first-order chi connectivity index (χ1) is 13.3. The predicted molar refractivity (Wildman–Crippen MR) is 110 cm³/mol. The molecule has 1 heterocycles. The van der Waals surface area contributed by atoms with Crippen LogP contribution in [0.15, 0.2) is 36.4 Å². The summed E-state index contributed by atoms with van der Waals surface area (Å²) in [6, 6.07) is 10.1. The van der Waals surface area contributed by atoms with Crippen LogP contribution in [0.4, 0.5) is 11.4 Å². The van der Waals surface area contributed by atoms with Crippen LogP contribution in [0.2, 0.25) is 5.02 Å². The number of rotatable bonds is 4. The molecular weight excluding hydrogens is 380 g/mol.